The minimum atomic E-state index is -1.08. The number of ether oxygens (including phenoxy) is 1. The van der Waals surface area contributed by atoms with Gasteiger partial charge in [0.2, 0.25) is 0 Å². The molecular formula is C15H19N3O4. The number of carboxylic acids is 1. The van der Waals surface area contributed by atoms with Crippen molar-refractivity contribution in [3.8, 4) is 5.75 Å². The highest BCUT2D eigenvalue weighted by Crippen LogP contribution is 2.23. The van der Waals surface area contributed by atoms with E-state index in [4.69, 9.17) is 9.84 Å². The Morgan fingerprint density at radius 2 is 2.09 bits per heavy atom. The Morgan fingerprint density at radius 1 is 1.32 bits per heavy atom. The lowest BCUT2D eigenvalue weighted by atomic mass is 10.1. The Bertz CT molecular complexity index is 554. The Kier molecular flexibility index (Phi) is 4.24. The van der Waals surface area contributed by atoms with E-state index >= 15 is 0 Å². The molecule has 7 heteroatoms. The maximum absolute atomic E-state index is 12.5. The van der Waals surface area contributed by atoms with E-state index in [1.807, 2.05) is 4.90 Å². The van der Waals surface area contributed by atoms with Gasteiger partial charge in [-0.05, 0) is 38.1 Å². The minimum Gasteiger partial charge on any atom is -0.479 e. The number of hydrogen-bond donors (Lipinski definition) is 2. The summed E-state index contributed by atoms with van der Waals surface area (Å²) in [6, 6.07) is 3.22. The van der Waals surface area contributed by atoms with Crippen molar-refractivity contribution < 1.29 is 19.4 Å². The number of aromatic nitrogens is 1. The molecule has 0 aromatic carbocycles. The van der Waals surface area contributed by atoms with Crippen molar-refractivity contribution in [2.24, 2.45) is 0 Å². The molecule has 0 spiro atoms. The molecule has 2 N–H and O–H groups in total. The second-order valence-corrected chi connectivity index (χ2v) is 5.59. The van der Waals surface area contributed by atoms with Crippen LogP contribution in [-0.2, 0) is 4.79 Å². The van der Waals surface area contributed by atoms with Gasteiger partial charge in [-0.1, -0.05) is 0 Å². The lowest BCUT2D eigenvalue weighted by Gasteiger charge is -2.31. The van der Waals surface area contributed by atoms with Crippen molar-refractivity contribution in [3.05, 3.63) is 24.0 Å². The molecule has 2 fully saturated rings. The zero-order valence-corrected chi connectivity index (χ0v) is 12.2. The van der Waals surface area contributed by atoms with Crippen LogP contribution < -0.4 is 10.1 Å². The summed E-state index contributed by atoms with van der Waals surface area (Å²) in [7, 11) is 0. The van der Waals surface area contributed by atoms with Crippen LogP contribution in [0, 0.1) is 0 Å². The molecule has 2 aliphatic heterocycles. The number of amides is 1. The Morgan fingerprint density at radius 3 is 2.73 bits per heavy atom. The van der Waals surface area contributed by atoms with Crippen LogP contribution >= 0.6 is 0 Å². The number of carboxylic acid groups (broad SMARTS) is 1. The summed E-state index contributed by atoms with van der Waals surface area (Å²) >= 11 is 0. The van der Waals surface area contributed by atoms with Crippen LogP contribution in [0.5, 0.6) is 5.75 Å². The zero-order chi connectivity index (χ0) is 15.5. The third-order valence-corrected chi connectivity index (χ3v) is 4.17. The van der Waals surface area contributed by atoms with Crippen LogP contribution in [0.25, 0.3) is 0 Å². The molecule has 1 aromatic heterocycles. The third kappa shape index (κ3) is 3.04. The van der Waals surface area contributed by atoms with Crippen molar-refractivity contribution in [1.29, 1.82) is 0 Å². The summed E-state index contributed by atoms with van der Waals surface area (Å²) in [5, 5.41) is 12.1. The monoisotopic (exact) mass is 305 g/mol. The molecule has 3 rings (SSSR count). The number of rotatable bonds is 4. The largest absolute Gasteiger partial charge is 0.479 e. The smallest absolute Gasteiger partial charge is 0.354 e. The quantitative estimate of drug-likeness (QED) is 0.842. The van der Waals surface area contributed by atoms with E-state index in [2.05, 4.69) is 10.3 Å². The number of likely N-dealkylation sites (tertiary alicyclic amines) is 1. The van der Waals surface area contributed by atoms with Crippen LogP contribution in [0.4, 0.5) is 0 Å². The van der Waals surface area contributed by atoms with Crippen molar-refractivity contribution in [2.75, 3.05) is 19.6 Å². The van der Waals surface area contributed by atoms with Crippen LogP contribution in [0.3, 0.4) is 0 Å². The molecule has 1 atom stereocenters. The number of carbonyl (C=O) groups is 2. The van der Waals surface area contributed by atoms with Gasteiger partial charge in [0, 0.05) is 19.0 Å². The van der Waals surface area contributed by atoms with Gasteiger partial charge in [0.1, 0.15) is 11.4 Å². The van der Waals surface area contributed by atoms with Crippen LogP contribution in [0.2, 0.25) is 0 Å². The first-order valence-corrected chi connectivity index (χ1v) is 7.52. The maximum atomic E-state index is 12.5. The summed E-state index contributed by atoms with van der Waals surface area (Å²) in [6.07, 6.45) is 3.47. The Labute approximate surface area is 128 Å². The third-order valence-electron chi connectivity index (χ3n) is 4.17. The van der Waals surface area contributed by atoms with Gasteiger partial charge >= 0.3 is 5.97 Å². The lowest BCUT2D eigenvalue weighted by Crippen LogP contribution is -2.45. The average molecular weight is 305 g/mol. The first-order chi connectivity index (χ1) is 10.6. The number of nitrogens with zero attached hydrogens (tertiary/aromatic N) is 2. The molecule has 118 valence electrons. The molecule has 3 heterocycles. The van der Waals surface area contributed by atoms with E-state index in [0.717, 1.165) is 32.5 Å². The number of carbonyl (C=O) groups excluding carboxylic acids is 1. The SMILES string of the molecule is O=C(O)c1ccc(O[C@H]2CCN(C3CCNCC3)C2=O)cn1. The molecule has 0 bridgehead atoms. The van der Waals surface area contributed by atoms with E-state index in [-0.39, 0.29) is 11.6 Å². The molecular weight excluding hydrogens is 286 g/mol. The normalized spacial score (nSPS) is 22.8. The predicted molar refractivity (Wildman–Crippen MR) is 77.8 cm³/mol. The fraction of sp³-hybridized carbons (Fsp3) is 0.533. The summed E-state index contributed by atoms with van der Waals surface area (Å²) in [5.41, 5.74) is -0.0403. The van der Waals surface area contributed by atoms with E-state index in [0.29, 0.717) is 18.2 Å². The van der Waals surface area contributed by atoms with Crippen LogP contribution in [0.1, 0.15) is 29.8 Å². The summed E-state index contributed by atoms with van der Waals surface area (Å²) in [6.45, 7) is 2.61. The van der Waals surface area contributed by atoms with E-state index in [1.165, 1.54) is 18.3 Å². The van der Waals surface area contributed by atoms with Gasteiger partial charge in [-0.3, -0.25) is 4.79 Å². The topological polar surface area (TPSA) is 91.8 Å². The van der Waals surface area contributed by atoms with Crippen molar-refractivity contribution in [3.63, 3.8) is 0 Å². The van der Waals surface area contributed by atoms with Crippen molar-refractivity contribution in [2.45, 2.75) is 31.4 Å². The Hall–Kier alpha value is -2.15. The van der Waals surface area contributed by atoms with E-state index in [9.17, 15) is 9.59 Å². The second-order valence-electron chi connectivity index (χ2n) is 5.59. The number of pyridine rings is 1. The van der Waals surface area contributed by atoms with Gasteiger partial charge in [0.05, 0.1) is 6.20 Å². The highest BCUT2D eigenvalue weighted by molar-refractivity contribution is 5.85. The molecule has 0 unspecified atom stereocenters. The van der Waals surface area contributed by atoms with Gasteiger partial charge < -0.3 is 20.1 Å². The fourth-order valence-electron chi connectivity index (χ4n) is 3.01. The van der Waals surface area contributed by atoms with Crippen molar-refractivity contribution in [1.82, 2.24) is 15.2 Å². The lowest BCUT2D eigenvalue weighted by molar-refractivity contribution is -0.135. The highest BCUT2D eigenvalue weighted by Gasteiger charge is 2.37. The standard InChI is InChI=1S/C15H19N3O4/c19-14-13(5-8-18(14)10-3-6-16-7-4-10)22-11-1-2-12(15(20)21)17-9-11/h1-2,9-10,13,16H,3-8H2,(H,20,21)/t13-/m0/s1. The first kappa shape index (κ1) is 14.8. The van der Waals surface area contributed by atoms with Gasteiger partial charge in [0.25, 0.3) is 5.91 Å². The van der Waals surface area contributed by atoms with Gasteiger partial charge in [0.15, 0.2) is 6.10 Å². The van der Waals surface area contributed by atoms with Crippen molar-refractivity contribution >= 4 is 11.9 Å². The molecule has 22 heavy (non-hydrogen) atoms. The molecule has 1 aromatic rings. The molecule has 0 radical (unpaired) electrons. The van der Waals surface area contributed by atoms with Gasteiger partial charge in [-0.15, -0.1) is 0 Å². The summed E-state index contributed by atoms with van der Waals surface area (Å²) in [5.74, 6) is -0.634. The van der Waals surface area contributed by atoms with Gasteiger partial charge in [-0.2, -0.15) is 0 Å². The summed E-state index contributed by atoms with van der Waals surface area (Å²) in [4.78, 5) is 28.9. The molecule has 2 saturated heterocycles. The molecule has 0 aliphatic carbocycles. The fourth-order valence-corrected chi connectivity index (χ4v) is 3.01. The number of piperidine rings is 1. The molecule has 1 amide bonds. The minimum absolute atomic E-state index is 0.0224. The molecule has 0 saturated carbocycles. The molecule has 2 aliphatic rings. The van der Waals surface area contributed by atoms with E-state index in [1.54, 1.807) is 0 Å². The Balaban J connectivity index is 1.61. The van der Waals surface area contributed by atoms with Crippen LogP contribution in [0.15, 0.2) is 18.3 Å². The molecule has 7 nitrogen and oxygen atoms in total. The van der Waals surface area contributed by atoms with Gasteiger partial charge in [-0.25, -0.2) is 9.78 Å². The number of nitrogens with one attached hydrogen (secondary N) is 1. The maximum Gasteiger partial charge on any atom is 0.354 e. The summed E-state index contributed by atoms with van der Waals surface area (Å²) < 4.78 is 5.68. The average Bonchev–Trinajstić information content (AvgIpc) is 2.90. The van der Waals surface area contributed by atoms with E-state index < -0.39 is 12.1 Å². The number of aromatic carboxylic acids is 1. The highest BCUT2D eigenvalue weighted by atomic mass is 16.5. The predicted octanol–water partition coefficient (Wildman–Crippen LogP) is 0.511. The number of hydrogen-bond acceptors (Lipinski definition) is 5. The second kappa shape index (κ2) is 6.31. The van der Waals surface area contributed by atoms with Crippen LogP contribution in [-0.4, -0.2) is 58.6 Å². The zero-order valence-electron chi connectivity index (χ0n) is 12.2. The first-order valence-electron chi connectivity index (χ1n) is 7.52.